The highest BCUT2D eigenvalue weighted by atomic mass is 35.5. The summed E-state index contributed by atoms with van der Waals surface area (Å²) in [5.41, 5.74) is 1.35. The SMILES string of the molecule is CC(C)c1ccc(C#N)c(Cl)n1. The van der Waals surface area contributed by atoms with Gasteiger partial charge >= 0.3 is 0 Å². The number of nitriles is 1. The van der Waals surface area contributed by atoms with Gasteiger partial charge in [0.05, 0.1) is 5.56 Å². The summed E-state index contributed by atoms with van der Waals surface area (Å²) in [5, 5.41) is 8.87. The normalized spacial score (nSPS) is 9.92. The summed E-state index contributed by atoms with van der Waals surface area (Å²) in [7, 11) is 0. The van der Waals surface area contributed by atoms with Gasteiger partial charge in [0.2, 0.25) is 0 Å². The molecule has 1 heterocycles. The Hall–Kier alpha value is -1.07. The van der Waals surface area contributed by atoms with Crippen molar-refractivity contribution in [1.82, 2.24) is 4.98 Å². The van der Waals surface area contributed by atoms with Crippen molar-refractivity contribution in [2.24, 2.45) is 0 Å². The number of hydrogen-bond acceptors (Lipinski definition) is 2. The second kappa shape index (κ2) is 3.55. The lowest BCUT2D eigenvalue weighted by Crippen LogP contribution is -1.93. The molecule has 0 saturated heterocycles. The highest BCUT2D eigenvalue weighted by Gasteiger charge is 2.04. The van der Waals surface area contributed by atoms with Crippen molar-refractivity contribution in [3.63, 3.8) is 0 Å². The molecule has 0 fully saturated rings. The van der Waals surface area contributed by atoms with Crippen LogP contribution in [-0.2, 0) is 0 Å². The Kier molecular flexibility index (Phi) is 2.67. The molecule has 0 saturated carbocycles. The standard InChI is InChI=1S/C9H9ClN2/c1-6(2)8-4-3-7(5-11)9(10)12-8/h3-4,6H,1-2H3. The van der Waals surface area contributed by atoms with Crippen molar-refractivity contribution < 1.29 is 0 Å². The lowest BCUT2D eigenvalue weighted by atomic mass is 10.1. The molecule has 62 valence electrons. The number of rotatable bonds is 1. The summed E-state index contributed by atoms with van der Waals surface area (Å²) in [6, 6.07) is 5.49. The molecule has 1 rings (SSSR count). The molecule has 0 aliphatic heterocycles. The van der Waals surface area contributed by atoms with E-state index in [0.29, 0.717) is 16.6 Å². The fourth-order valence-electron chi connectivity index (χ4n) is 0.853. The lowest BCUT2D eigenvalue weighted by molar-refractivity contribution is 0.822. The van der Waals surface area contributed by atoms with E-state index in [1.165, 1.54) is 0 Å². The summed E-state index contributed by atoms with van der Waals surface area (Å²) in [6.45, 7) is 4.06. The van der Waals surface area contributed by atoms with Crippen molar-refractivity contribution in [1.29, 1.82) is 5.26 Å². The molecule has 0 amide bonds. The average Bonchev–Trinajstić information content (AvgIpc) is 2.04. The number of nitrogens with zero attached hydrogens (tertiary/aromatic N) is 2. The molecule has 0 radical (unpaired) electrons. The van der Waals surface area contributed by atoms with E-state index in [1.807, 2.05) is 26.0 Å². The van der Waals surface area contributed by atoms with Crippen LogP contribution in [0.15, 0.2) is 12.1 Å². The second-order valence-electron chi connectivity index (χ2n) is 2.84. The molecule has 0 N–H and O–H groups in total. The van der Waals surface area contributed by atoms with Crippen LogP contribution >= 0.6 is 11.6 Å². The van der Waals surface area contributed by atoms with Crippen molar-refractivity contribution in [2.75, 3.05) is 0 Å². The van der Waals surface area contributed by atoms with Gasteiger partial charge in [-0.15, -0.1) is 0 Å². The summed E-state index contributed by atoms with van der Waals surface area (Å²) in [6.07, 6.45) is 0. The lowest BCUT2D eigenvalue weighted by Gasteiger charge is -2.03. The molecule has 12 heavy (non-hydrogen) atoms. The summed E-state index contributed by atoms with van der Waals surface area (Å²) < 4.78 is 0. The van der Waals surface area contributed by atoms with Gasteiger partial charge in [-0.25, -0.2) is 4.98 Å². The first kappa shape index (κ1) is 9.02. The van der Waals surface area contributed by atoms with E-state index < -0.39 is 0 Å². The van der Waals surface area contributed by atoms with Crippen LogP contribution in [0.1, 0.15) is 31.0 Å². The number of halogens is 1. The molecular weight excluding hydrogens is 172 g/mol. The fourth-order valence-corrected chi connectivity index (χ4v) is 1.06. The van der Waals surface area contributed by atoms with Crippen molar-refractivity contribution in [2.45, 2.75) is 19.8 Å². The molecule has 3 heteroatoms. The van der Waals surface area contributed by atoms with Crippen LogP contribution in [0.4, 0.5) is 0 Å². The van der Waals surface area contributed by atoms with Crippen LogP contribution in [-0.4, -0.2) is 4.98 Å². The molecule has 0 aliphatic carbocycles. The Balaban J connectivity index is 3.12. The van der Waals surface area contributed by atoms with Crippen LogP contribution in [0, 0.1) is 11.3 Å². The maximum atomic E-state index is 8.57. The van der Waals surface area contributed by atoms with Gasteiger partial charge in [0.1, 0.15) is 11.2 Å². The van der Waals surface area contributed by atoms with Crippen LogP contribution < -0.4 is 0 Å². The zero-order valence-electron chi connectivity index (χ0n) is 7.00. The molecule has 0 atom stereocenters. The molecule has 2 nitrogen and oxygen atoms in total. The third-order valence-corrected chi connectivity index (χ3v) is 1.87. The minimum atomic E-state index is 0.295. The largest absolute Gasteiger partial charge is 0.239 e. The maximum Gasteiger partial charge on any atom is 0.147 e. The summed E-state index contributed by atoms with van der Waals surface area (Å²) in [5.74, 6) is 0.343. The van der Waals surface area contributed by atoms with Gasteiger partial charge in [-0.1, -0.05) is 25.4 Å². The molecule has 0 aromatic carbocycles. The van der Waals surface area contributed by atoms with Gasteiger partial charge in [0.25, 0.3) is 0 Å². The monoisotopic (exact) mass is 180 g/mol. The van der Waals surface area contributed by atoms with Gasteiger partial charge < -0.3 is 0 Å². The van der Waals surface area contributed by atoms with Crippen LogP contribution in [0.2, 0.25) is 5.15 Å². The van der Waals surface area contributed by atoms with E-state index in [2.05, 4.69) is 4.98 Å². The summed E-state index contributed by atoms with van der Waals surface area (Å²) >= 11 is 5.74. The van der Waals surface area contributed by atoms with E-state index in [-0.39, 0.29) is 0 Å². The van der Waals surface area contributed by atoms with Crippen LogP contribution in [0.25, 0.3) is 0 Å². The zero-order chi connectivity index (χ0) is 9.14. The van der Waals surface area contributed by atoms with E-state index >= 15 is 0 Å². The zero-order valence-corrected chi connectivity index (χ0v) is 7.76. The van der Waals surface area contributed by atoms with E-state index in [1.54, 1.807) is 6.07 Å². The summed E-state index contributed by atoms with van der Waals surface area (Å²) in [4.78, 5) is 4.09. The molecule has 0 aliphatic rings. The molecule has 0 bridgehead atoms. The topological polar surface area (TPSA) is 36.7 Å². The van der Waals surface area contributed by atoms with Crippen LogP contribution in [0.3, 0.4) is 0 Å². The number of hydrogen-bond donors (Lipinski definition) is 0. The Morgan fingerprint density at radius 2 is 2.17 bits per heavy atom. The first-order chi connectivity index (χ1) is 5.65. The maximum absolute atomic E-state index is 8.57. The van der Waals surface area contributed by atoms with E-state index in [0.717, 1.165) is 5.69 Å². The predicted molar refractivity (Wildman–Crippen MR) is 48.1 cm³/mol. The van der Waals surface area contributed by atoms with E-state index in [9.17, 15) is 0 Å². The third-order valence-electron chi connectivity index (χ3n) is 1.58. The quantitative estimate of drug-likeness (QED) is 0.624. The molecular formula is C9H9ClN2. The molecule has 1 aromatic rings. The highest BCUT2D eigenvalue weighted by Crippen LogP contribution is 2.17. The van der Waals surface area contributed by atoms with Gasteiger partial charge in [-0.3, -0.25) is 0 Å². The highest BCUT2D eigenvalue weighted by molar-refractivity contribution is 6.30. The third kappa shape index (κ3) is 1.75. The smallest absolute Gasteiger partial charge is 0.147 e. The average molecular weight is 181 g/mol. The Morgan fingerprint density at radius 1 is 1.50 bits per heavy atom. The Bertz CT molecular complexity index is 326. The first-order valence-electron chi connectivity index (χ1n) is 3.71. The molecule has 0 unspecified atom stereocenters. The van der Waals surface area contributed by atoms with Crippen LogP contribution in [0.5, 0.6) is 0 Å². The van der Waals surface area contributed by atoms with Gasteiger partial charge in [-0.05, 0) is 18.1 Å². The van der Waals surface area contributed by atoms with E-state index in [4.69, 9.17) is 16.9 Å². The Morgan fingerprint density at radius 3 is 2.58 bits per heavy atom. The van der Waals surface area contributed by atoms with Gasteiger partial charge in [-0.2, -0.15) is 5.26 Å². The fraction of sp³-hybridized carbons (Fsp3) is 0.333. The van der Waals surface area contributed by atoms with Gasteiger partial charge in [0.15, 0.2) is 0 Å². The number of pyridine rings is 1. The minimum absolute atomic E-state index is 0.295. The van der Waals surface area contributed by atoms with Crippen molar-refractivity contribution in [3.8, 4) is 6.07 Å². The van der Waals surface area contributed by atoms with Crippen molar-refractivity contribution in [3.05, 3.63) is 28.5 Å². The molecule has 1 aromatic heterocycles. The second-order valence-corrected chi connectivity index (χ2v) is 3.20. The molecule has 0 spiro atoms. The predicted octanol–water partition coefficient (Wildman–Crippen LogP) is 2.73. The van der Waals surface area contributed by atoms with Gasteiger partial charge in [0, 0.05) is 5.69 Å². The first-order valence-corrected chi connectivity index (χ1v) is 4.09. The minimum Gasteiger partial charge on any atom is -0.239 e. The van der Waals surface area contributed by atoms with Crippen molar-refractivity contribution >= 4 is 11.6 Å². The Labute approximate surface area is 76.8 Å². The number of aromatic nitrogens is 1.